The van der Waals surface area contributed by atoms with Gasteiger partial charge >= 0.3 is 0 Å². The van der Waals surface area contributed by atoms with Gasteiger partial charge in [-0.1, -0.05) is 12.2 Å². The number of morpholine rings is 1. The van der Waals surface area contributed by atoms with E-state index in [1.807, 2.05) is 12.1 Å². The Hall–Kier alpha value is -2.32. The molecule has 3 heterocycles. The minimum absolute atomic E-state index is 0.194. The van der Waals surface area contributed by atoms with Crippen LogP contribution < -0.4 is 4.90 Å². The molecule has 2 aromatic heterocycles. The maximum absolute atomic E-state index is 12.8. The number of pyridine rings is 1. The Balaban J connectivity index is 1.70. The number of anilines is 1. The first-order chi connectivity index (χ1) is 13.9. The van der Waals surface area contributed by atoms with Crippen LogP contribution >= 0.6 is 0 Å². The number of nitrogens with zero attached hydrogens (tertiary/aromatic N) is 4. The zero-order valence-electron chi connectivity index (χ0n) is 16.7. The average molecular weight is 412 g/mol. The molecule has 0 aromatic carbocycles. The molecule has 5 rings (SSSR count). The number of ether oxygens (including phenoxy) is 1. The van der Waals surface area contributed by atoms with E-state index in [1.165, 1.54) is 6.26 Å². The molecule has 2 aliphatic carbocycles. The van der Waals surface area contributed by atoms with Crippen molar-refractivity contribution in [2.45, 2.75) is 37.0 Å². The Bertz CT molecular complexity index is 1110. The van der Waals surface area contributed by atoms with Crippen LogP contribution in [0.3, 0.4) is 0 Å². The summed E-state index contributed by atoms with van der Waals surface area (Å²) in [4.78, 5) is 16.5. The summed E-state index contributed by atoms with van der Waals surface area (Å²) in [6.45, 7) is 4.17. The SMILES string of the molecule is C[C@@H]1COCCN1c1cc(C2([S@](C)(=N)=O)CC2)nc(-c2ccnc3c2C=CC3)n1. The lowest BCUT2D eigenvalue weighted by atomic mass is 10.1. The van der Waals surface area contributed by atoms with Gasteiger partial charge in [-0.2, -0.15) is 0 Å². The van der Waals surface area contributed by atoms with E-state index in [9.17, 15) is 4.21 Å². The summed E-state index contributed by atoms with van der Waals surface area (Å²) in [5.41, 5.74) is 3.75. The van der Waals surface area contributed by atoms with Crippen LogP contribution in [0.5, 0.6) is 0 Å². The molecular formula is C21H25N5O2S. The topological polar surface area (TPSA) is 92.1 Å². The maximum atomic E-state index is 12.8. The Kier molecular flexibility index (Phi) is 4.25. The standard InChI is InChI=1S/C21H25N5O2S/c1-14-13-28-11-10-26(14)19-12-18(21(7-8-21)29(2,22)27)24-20(25-19)16-6-9-23-17-5-3-4-15(16)17/h3-4,6,9,12,14,22H,5,7-8,10-11,13H2,1-2H3/t14-,29-/m1/s1. The van der Waals surface area contributed by atoms with Gasteiger partial charge in [-0.05, 0) is 25.8 Å². The number of rotatable bonds is 4. The van der Waals surface area contributed by atoms with Crippen molar-refractivity contribution in [3.8, 4) is 11.4 Å². The molecule has 1 N–H and O–H groups in total. The summed E-state index contributed by atoms with van der Waals surface area (Å²) >= 11 is 0. The van der Waals surface area contributed by atoms with Gasteiger partial charge in [0.15, 0.2) is 5.82 Å². The van der Waals surface area contributed by atoms with Crippen LogP contribution in [-0.4, -0.2) is 51.2 Å². The zero-order chi connectivity index (χ0) is 20.2. The van der Waals surface area contributed by atoms with Gasteiger partial charge in [0.25, 0.3) is 0 Å². The van der Waals surface area contributed by atoms with Crippen LogP contribution in [-0.2, 0) is 25.6 Å². The van der Waals surface area contributed by atoms with E-state index in [1.54, 1.807) is 6.20 Å². The molecule has 7 nitrogen and oxygen atoms in total. The third-order valence-corrected chi connectivity index (χ3v) is 8.31. The Morgan fingerprint density at radius 3 is 2.90 bits per heavy atom. The third-order valence-electron chi connectivity index (χ3n) is 6.20. The lowest BCUT2D eigenvalue weighted by Gasteiger charge is -2.35. The highest BCUT2D eigenvalue weighted by Gasteiger charge is 2.53. The predicted molar refractivity (Wildman–Crippen MR) is 113 cm³/mol. The van der Waals surface area contributed by atoms with Gasteiger partial charge in [0.1, 0.15) is 5.82 Å². The van der Waals surface area contributed by atoms with Crippen molar-refractivity contribution in [3.63, 3.8) is 0 Å². The van der Waals surface area contributed by atoms with Gasteiger partial charge in [0, 0.05) is 42.6 Å². The second-order valence-electron chi connectivity index (χ2n) is 8.22. The number of nitrogens with one attached hydrogen (secondary N) is 1. The van der Waals surface area contributed by atoms with E-state index in [4.69, 9.17) is 19.5 Å². The molecule has 0 unspecified atom stereocenters. The molecule has 0 radical (unpaired) electrons. The Morgan fingerprint density at radius 1 is 1.34 bits per heavy atom. The molecule has 2 atom stereocenters. The fraction of sp³-hybridized carbons (Fsp3) is 0.476. The average Bonchev–Trinajstić information content (AvgIpc) is 3.39. The third kappa shape index (κ3) is 3.05. The van der Waals surface area contributed by atoms with Crippen molar-refractivity contribution in [3.05, 3.63) is 41.4 Å². The van der Waals surface area contributed by atoms with Crippen LogP contribution in [0.15, 0.2) is 24.4 Å². The second-order valence-corrected chi connectivity index (χ2v) is 10.7. The molecule has 8 heteroatoms. The van der Waals surface area contributed by atoms with Crippen molar-refractivity contribution < 1.29 is 8.95 Å². The highest BCUT2D eigenvalue weighted by Crippen LogP contribution is 2.52. The summed E-state index contributed by atoms with van der Waals surface area (Å²) in [6, 6.07) is 4.09. The van der Waals surface area contributed by atoms with Crippen molar-refractivity contribution in [2.24, 2.45) is 0 Å². The summed E-state index contributed by atoms with van der Waals surface area (Å²) in [5.74, 6) is 1.44. The second kappa shape index (κ2) is 6.60. The van der Waals surface area contributed by atoms with Crippen molar-refractivity contribution in [2.75, 3.05) is 30.9 Å². The molecule has 1 saturated heterocycles. The smallest absolute Gasteiger partial charge is 0.162 e. The van der Waals surface area contributed by atoms with Crippen LogP contribution in [0, 0.1) is 4.78 Å². The molecule has 29 heavy (non-hydrogen) atoms. The Labute approximate surface area is 171 Å². The summed E-state index contributed by atoms with van der Waals surface area (Å²) in [6.07, 6.45) is 9.78. The minimum atomic E-state index is -2.78. The van der Waals surface area contributed by atoms with Gasteiger partial charge in [0.2, 0.25) is 0 Å². The van der Waals surface area contributed by atoms with Crippen LogP contribution in [0.1, 0.15) is 36.7 Å². The van der Waals surface area contributed by atoms with Crippen molar-refractivity contribution >= 4 is 21.6 Å². The fourth-order valence-corrected chi connectivity index (χ4v) is 5.69. The summed E-state index contributed by atoms with van der Waals surface area (Å²) in [7, 11) is -2.78. The first kappa shape index (κ1) is 18.7. The highest BCUT2D eigenvalue weighted by molar-refractivity contribution is 7.92. The van der Waals surface area contributed by atoms with E-state index in [0.29, 0.717) is 19.0 Å². The Morgan fingerprint density at radius 2 is 2.17 bits per heavy atom. The number of aromatic nitrogens is 3. The molecule has 152 valence electrons. The van der Waals surface area contributed by atoms with Crippen LogP contribution in [0.2, 0.25) is 0 Å². The van der Waals surface area contributed by atoms with Gasteiger partial charge in [-0.15, -0.1) is 0 Å². The molecule has 2 aromatic rings. The first-order valence-electron chi connectivity index (χ1n) is 10.0. The molecular weight excluding hydrogens is 386 g/mol. The number of hydrogen-bond acceptors (Lipinski definition) is 7. The quantitative estimate of drug-likeness (QED) is 0.831. The predicted octanol–water partition coefficient (Wildman–Crippen LogP) is 3.00. The molecule has 2 fully saturated rings. The van der Waals surface area contributed by atoms with Gasteiger partial charge < -0.3 is 9.64 Å². The molecule has 0 amide bonds. The minimum Gasteiger partial charge on any atom is -0.377 e. The first-order valence-corrected chi connectivity index (χ1v) is 12.0. The highest BCUT2D eigenvalue weighted by atomic mass is 32.2. The van der Waals surface area contributed by atoms with Gasteiger partial charge in [-0.25, -0.2) is 14.2 Å². The number of fused-ring (bicyclic) bond motifs is 1. The van der Waals surface area contributed by atoms with E-state index in [0.717, 1.165) is 54.1 Å². The lowest BCUT2D eigenvalue weighted by molar-refractivity contribution is 0.0985. The van der Waals surface area contributed by atoms with Gasteiger partial charge in [0.05, 0.1) is 45.1 Å². The van der Waals surface area contributed by atoms with E-state index < -0.39 is 14.5 Å². The van der Waals surface area contributed by atoms with E-state index in [-0.39, 0.29) is 6.04 Å². The molecule has 1 aliphatic heterocycles. The zero-order valence-corrected chi connectivity index (χ0v) is 17.5. The summed E-state index contributed by atoms with van der Waals surface area (Å²) in [5, 5.41) is 0. The largest absolute Gasteiger partial charge is 0.377 e. The molecule has 0 bridgehead atoms. The molecule has 3 aliphatic rings. The van der Waals surface area contributed by atoms with Crippen LogP contribution in [0.4, 0.5) is 5.82 Å². The number of hydrogen-bond donors (Lipinski definition) is 1. The van der Waals surface area contributed by atoms with Crippen LogP contribution in [0.25, 0.3) is 17.5 Å². The normalized spacial score (nSPS) is 24.2. The fourth-order valence-electron chi connectivity index (χ4n) is 4.31. The number of allylic oxidation sites excluding steroid dienone is 1. The molecule has 1 saturated carbocycles. The molecule has 0 spiro atoms. The van der Waals surface area contributed by atoms with Gasteiger partial charge in [-0.3, -0.25) is 9.76 Å². The van der Waals surface area contributed by atoms with E-state index in [2.05, 4.69) is 29.0 Å². The van der Waals surface area contributed by atoms with Crippen molar-refractivity contribution in [1.29, 1.82) is 4.78 Å². The lowest BCUT2D eigenvalue weighted by Crippen LogP contribution is -2.44. The van der Waals surface area contributed by atoms with Crippen molar-refractivity contribution in [1.82, 2.24) is 15.0 Å². The summed E-state index contributed by atoms with van der Waals surface area (Å²) < 4.78 is 26.0. The monoisotopic (exact) mass is 411 g/mol. The maximum Gasteiger partial charge on any atom is 0.162 e. The van der Waals surface area contributed by atoms with E-state index >= 15 is 0 Å².